The standard InChI is InChI=1S/C35H47N5O8.C18H33N3O5/c1-6-16-47-26-13-11-24-12-14-27(19-25(24)18-26)48-17-8-9-29(42)37-28-15-10-22(4)40(35(28)46)20-30(43)38-31(21(3)7-2)34(45)39-32(23(5)41)33(36)44;1-10(2)8-13(20-17(24)14(11(3)4)19-9-22)16(23)21-15(12(5)6)18(25)26-7/h10-15,18-19,21,23,31-32,41H,6-9,16-17,20H2,1-5H3,(H2,36,44)(H,37,42)(H,38,43)(H,39,45);9-15H,8H2,1-7H3,(H,19,22)(H,20,24)(H,21,23)/t21-,23+,31-,32-;13-,14-,15-/m00/s1. The molecule has 2 aromatic carbocycles. The van der Waals surface area contributed by atoms with Gasteiger partial charge in [-0.25, -0.2) is 4.79 Å². The van der Waals surface area contributed by atoms with Crippen LogP contribution in [0.2, 0.25) is 0 Å². The quantitative estimate of drug-likeness (QED) is 0.0281. The van der Waals surface area contributed by atoms with Crippen LogP contribution in [0.3, 0.4) is 0 Å². The molecule has 21 heteroatoms. The lowest BCUT2D eigenvalue weighted by molar-refractivity contribution is -0.146. The second-order valence-corrected chi connectivity index (χ2v) is 19.3. The van der Waals surface area contributed by atoms with E-state index in [-0.39, 0.29) is 48.3 Å². The van der Waals surface area contributed by atoms with Crippen molar-refractivity contribution in [3.63, 3.8) is 0 Å². The van der Waals surface area contributed by atoms with Gasteiger partial charge < -0.3 is 61.5 Å². The molecule has 3 aromatic rings. The third kappa shape index (κ3) is 20.5. The number of primary amides is 1. The Balaban J connectivity index is 0.000000611. The maximum Gasteiger partial charge on any atom is 0.328 e. The lowest BCUT2D eigenvalue weighted by atomic mass is 9.97. The number of aromatic nitrogens is 1. The first-order chi connectivity index (χ1) is 34.9. The topological polar surface area (TPSA) is 305 Å². The molecule has 74 heavy (non-hydrogen) atoms. The minimum atomic E-state index is -1.34. The Morgan fingerprint density at radius 1 is 0.716 bits per heavy atom. The second-order valence-electron chi connectivity index (χ2n) is 19.3. The van der Waals surface area contributed by atoms with Crippen molar-refractivity contribution in [3.8, 4) is 11.5 Å². The second kappa shape index (κ2) is 31.5. The van der Waals surface area contributed by atoms with Gasteiger partial charge in [0.25, 0.3) is 5.56 Å². The zero-order chi connectivity index (χ0) is 55.8. The average molecular weight is 1040 g/mol. The molecule has 0 saturated heterocycles. The van der Waals surface area contributed by atoms with Crippen LogP contribution >= 0.6 is 0 Å². The summed E-state index contributed by atoms with van der Waals surface area (Å²) < 4.78 is 17.5. The molecule has 0 bridgehead atoms. The number of ether oxygens (including phenoxy) is 3. The first-order valence-electron chi connectivity index (χ1n) is 25.1. The van der Waals surface area contributed by atoms with Gasteiger partial charge in [0.2, 0.25) is 41.9 Å². The van der Waals surface area contributed by atoms with E-state index in [2.05, 4.69) is 31.9 Å². The number of amides is 7. The summed E-state index contributed by atoms with van der Waals surface area (Å²) in [5.41, 5.74) is 5.18. The number of rotatable bonds is 29. The lowest BCUT2D eigenvalue weighted by Gasteiger charge is -2.27. The summed E-state index contributed by atoms with van der Waals surface area (Å²) in [4.78, 5) is 111. The minimum absolute atomic E-state index is 0.00685. The van der Waals surface area contributed by atoms with Crippen molar-refractivity contribution in [1.29, 1.82) is 0 Å². The van der Waals surface area contributed by atoms with E-state index in [1.807, 2.05) is 64.1 Å². The van der Waals surface area contributed by atoms with Gasteiger partial charge in [-0.2, -0.15) is 0 Å². The summed E-state index contributed by atoms with van der Waals surface area (Å²) >= 11 is 0. The number of nitrogens with one attached hydrogen (secondary N) is 6. The number of nitrogens with two attached hydrogens (primary N) is 1. The van der Waals surface area contributed by atoms with Crippen LogP contribution in [0.4, 0.5) is 5.69 Å². The van der Waals surface area contributed by atoms with Crippen LogP contribution in [-0.4, -0.2) is 114 Å². The molecule has 3 rings (SSSR count). The van der Waals surface area contributed by atoms with Gasteiger partial charge in [-0.1, -0.05) is 80.9 Å². The predicted octanol–water partition coefficient (Wildman–Crippen LogP) is 3.38. The van der Waals surface area contributed by atoms with Crippen molar-refractivity contribution in [2.45, 2.75) is 151 Å². The molecule has 0 aliphatic rings. The van der Waals surface area contributed by atoms with Gasteiger partial charge >= 0.3 is 5.97 Å². The van der Waals surface area contributed by atoms with E-state index in [9.17, 15) is 48.3 Å². The van der Waals surface area contributed by atoms with Crippen LogP contribution in [0.15, 0.2) is 53.3 Å². The fourth-order valence-electron chi connectivity index (χ4n) is 7.42. The van der Waals surface area contributed by atoms with Crippen molar-refractivity contribution >= 4 is 64.3 Å². The molecule has 0 radical (unpaired) electrons. The number of hydrogen-bond donors (Lipinski definition) is 8. The Bertz CT molecular complexity index is 2420. The fourth-order valence-corrected chi connectivity index (χ4v) is 7.42. The van der Waals surface area contributed by atoms with Gasteiger partial charge in [0.05, 0.1) is 26.4 Å². The van der Waals surface area contributed by atoms with Crippen LogP contribution in [0.5, 0.6) is 11.5 Å². The highest BCUT2D eigenvalue weighted by Gasteiger charge is 2.33. The summed E-state index contributed by atoms with van der Waals surface area (Å²) in [5.74, 6) is -3.11. The van der Waals surface area contributed by atoms with Crippen LogP contribution < -0.4 is 52.7 Å². The largest absolute Gasteiger partial charge is 0.494 e. The first kappa shape index (κ1) is 63.1. The SMILES string of the molecule is CCCOc1ccc2ccc(OCCCC(=O)Nc3ccc(C)n(CC(=O)N[C@H](C(=O)N[C@H](C(N)=O)[C@@H](C)O)[C@@H](C)CC)c3=O)cc2c1.COC(=O)[C@@H](NC(=O)[C@H](CC(C)C)NC(=O)[C@@H](NC=O)C(C)C)C(C)C. The summed E-state index contributed by atoms with van der Waals surface area (Å²) in [6, 6.07) is 9.96. The van der Waals surface area contributed by atoms with E-state index in [1.165, 1.54) is 24.7 Å². The summed E-state index contributed by atoms with van der Waals surface area (Å²) in [5, 5.41) is 27.3. The van der Waals surface area contributed by atoms with E-state index in [0.29, 0.717) is 43.7 Å². The van der Waals surface area contributed by atoms with E-state index < -0.39 is 83.9 Å². The molecule has 0 spiro atoms. The van der Waals surface area contributed by atoms with E-state index in [4.69, 9.17) is 19.9 Å². The van der Waals surface area contributed by atoms with Gasteiger partial charge in [0.1, 0.15) is 53.9 Å². The smallest absolute Gasteiger partial charge is 0.328 e. The summed E-state index contributed by atoms with van der Waals surface area (Å²) in [6.07, 6.45) is 1.55. The Kier molecular flexibility index (Phi) is 26.9. The molecule has 7 amide bonds. The number of carbonyl (C=O) groups excluding carboxylic acids is 8. The molecule has 9 N–H and O–H groups in total. The highest BCUT2D eigenvalue weighted by Crippen LogP contribution is 2.25. The molecular weight excluding hydrogens is 957 g/mol. The van der Waals surface area contributed by atoms with Crippen LogP contribution in [0.25, 0.3) is 10.8 Å². The van der Waals surface area contributed by atoms with Gasteiger partial charge in [0, 0.05) is 12.1 Å². The molecular formula is C53H80N8O13. The molecule has 0 unspecified atom stereocenters. The van der Waals surface area contributed by atoms with Crippen LogP contribution in [0.1, 0.15) is 107 Å². The maximum absolute atomic E-state index is 13.2. The zero-order valence-electron chi connectivity index (χ0n) is 45.0. The number of pyridine rings is 1. The number of nitrogens with zero attached hydrogens (tertiary/aromatic N) is 1. The third-order valence-electron chi connectivity index (χ3n) is 11.9. The van der Waals surface area contributed by atoms with Crippen molar-refractivity contribution in [3.05, 3.63) is 64.6 Å². The molecule has 7 atom stereocenters. The molecule has 0 aliphatic heterocycles. The van der Waals surface area contributed by atoms with E-state index in [1.54, 1.807) is 47.6 Å². The summed E-state index contributed by atoms with van der Waals surface area (Å²) in [6.45, 7) is 20.1. The highest BCUT2D eigenvalue weighted by molar-refractivity contribution is 5.94. The number of hydrogen-bond acceptors (Lipinski definition) is 13. The van der Waals surface area contributed by atoms with E-state index >= 15 is 0 Å². The predicted molar refractivity (Wildman–Crippen MR) is 281 cm³/mol. The molecule has 0 aliphatic carbocycles. The van der Waals surface area contributed by atoms with Crippen LogP contribution in [-0.2, 0) is 49.6 Å². The molecule has 21 nitrogen and oxygen atoms in total. The van der Waals surface area contributed by atoms with Gasteiger partial charge in [-0.15, -0.1) is 0 Å². The first-order valence-corrected chi connectivity index (χ1v) is 25.1. The van der Waals surface area contributed by atoms with Crippen molar-refractivity contribution in [1.82, 2.24) is 31.2 Å². The number of benzene rings is 2. The molecule has 0 fully saturated rings. The van der Waals surface area contributed by atoms with Gasteiger partial charge in [0.15, 0.2) is 0 Å². The van der Waals surface area contributed by atoms with E-state index in [0.717, 1.165) is 22.9 Å². The molecule has 410 valence electrons. The maximum atomic E-state index is 13.2. The van der Waals surface area contributed by atoms with Gasteiger partial charge in [-0.3, -0.25) is 38.4 Å². The molecule has 1 aromatic heterocycles. The lowest BCUT2D eigenvalue weighted by Crippen LogP contribution is -2.58. The van der Waals surface area contributed by atoms with Crippen molar-refractivity contribution in [2.24, 2.45) is 29.4 Å². The van der Waals surface area contributed by atoms with Gasteiger partial charge in [-0.05, 0) is 104 Å². The number of aryl methyl sites for hydroxylation is 1. The van der Waals surface area contributed by atoms with Crippen LogP contribution in [0, 0.1) is 30.6 Å². The summed E-state index contributed by atoms with van der Waals surface area (Å²) in [7, 11) is 1.26. The monoisotopic (exact) mass is 1040 g/mol. The van der Waals surface area contributed by atoms with Crippen molar-refractivity contribution < 1.29 is 57.7 Å². The third-order valence-corrected chi connectivity index (χ3v) is 11.9. The Morgan fingerprint density at radius 2 is 1.30 bits per heavy atom. The minimum Gasteiger partial charge on any atom is -0.494 e. The number of esters is 1. The average Bonchev–Trinajstić information content (AvgIpc) is 3.34. The number of carbonyl (C=O) groups is 8. The highest BCUT2D eigenvalue weighted by atomic mass is 16.5. The number of methoxy groups -OCH3 is 1. The molecule has 0 saturated carbocycles. The molecule has 1 heterocycles. The number of aliphatic hydroxyl groups is 1. The number of fused-ring (bicyclic) bond motifs is 1. The number of anilines is 1. The zero-order valence-corrected chi connectivity index (χ0v) is 45.0. The fraction of sp³-hybridized carbons (Fsp3) is 0.566. The normalized spacial score (nSPS) is 13.9. The Labute approximate surface area is 434 Å². The van der Waals surface area contributed by atoms with Crippen molar-refractivity contribution in [2.75, 3.05) is 25.6 Å². The Hall–Kier alpha value is -7.03. The Morgan fingerprint density at radius 3 is 1.81 bits per heavy atom. The number of aliphatic hydroxyl groups excluding tert-OH is 1.